The van der Waals surface area contributed by atoms with Gasteiger partial charge < -0.3 is 14.5 Å². The second-order valence-corrected chi connectivity index (χ2v) is 7.55. The van der Waals surface area contributed by atoms with Crippen molar-refractivity contribution in [2.75, 3.05) is 32.8 Å². The first-order chi connectivity index (χ1) is 12.5. The van der Waals surface area contributed by atoms with Crippen LogP contribution >= 0.6 is 0 Å². The van der Waals surface area contributed by atoms with Crippen molar-refractivity contribution in [3.8, 4) is 5.75 Å². The van der Waals surface area contributed by atoms with Crippen LogP contribution in [-0.2, 0) is 9.59 Å². The van der Waals surface area contributed by atoms with E-state index in [1.807, 2.05) is 35.8 Å². The van der Waals surface area contributed by atoms with Crippen molar-refractivity contribution < 1.29 is 14.3 Å². The molecule has 26 heavy (non-hydrogen) atoms. The minimum Gasteiger partial charge on any atom is -0.493 e. The lowest BCUT2D eigenvalue weighted by Gasteiger charge is -2.36. The second-order valence-electron chi connectivity index (χ2n) is 7.55. The number of amides is 2. The van der Waals surface area contributed by atoms with Gasteiger partial charge >= 0.3 is 0 Å². The molecule has 0 N–H and O–H groups in total. The van der Waals surface area contributed by atoms with Gasteiger partial charge in [-0.25, -0.2) is 0 Å². The van der Waals surface area contributed by atoms with Crippen LogP contribution in [0.15, 0.2) is 18.2 Å². The summed E-state index contributed by atoms with van der Waals surface area (Å²) in [4.78, 5) is 28.7. The first kappa shape index (κ1) is 18.7. The van der Waals surface area contributed by atoms with Gasteiger partial charge in [-0.3, -0.25) is 9.59 Å². The number of carbonyl (C=O) groups is 2. The van der Waals surface area contributed by atoms with Crippen LogP contribution in [-0.4, -0.2) is 54.4 Å². The Bertz CT molecular complexity index is 645. The molecule has 1 heterocycles. The summed E-state index contributed by atoms with van der Waals surface area (Å²) in [5.41, 5.74) is 2.24. The fourth-order valence-electron chi connectivity index (χ4n) is 3.88. The first-order valence-electron chi connectivity index (χ1n) is 9.81. The zero-order valence-electron chi connectivity index (χ0n) is 16.0. The zero-order valence-corrected chi connectivity index (χ0v) is 16.0. The van der Waals surface area contributed by atoms with Crippen LogP contribution in [0.3, 0.4) is 0 Å². The predicted molar refractivity (Wildman–Crippen MR) is 101 cm³/mol. The van der Waals surface area contributed by atoms with E-state index in [4.69, 9.17) is 4.74 Å². The van der Waals surface area contributed by atoms with Crippen LogP contribution in [0.1, 0.15) is 43.2 Å². The number of ether oxygens (including phenoxy) is 1. The number of carbonyl (C=O) groups excluding carboxylic acids is 2. The molecule has 2 amide bonds. The Hall–Kier alpha value is -2.04. The molecule has 2 aliphatic rings. The van der Waals surface area contributed by atoms with Crippen LogP contribution in [0.2, 0.25) is 0 Å². The lowest BCUT2D eigenvalue weighted by atomic mass is 10.1. The maximum atomic E-state index is 12.5. The van der Waals surface area contributed by atoms with Gasteiger partial charge in [0.1, 0.15) is 5.75 Å². The SMILES string of the molecule is Cc1ccc(C)c(OCCC(=O)N2CCN(C(=O)C3CCCC3)CC2)c1. The van der Waals surface area contributed by atoms with Gasteiger partial charge in [-0.05, 0) is 43.9 Å². The van der Waals surface area contributed by atoms with Crippen molar-refractivity contribution in [3.63, 3.8) is 0 Å². The number of hydrogen-bond donors (Lipinski definition) is 0. The van der Waals surface area contributed by atoms with Gasteiger partial charge in [-0.15, -0.1) is 0 Å². The van der Waals surface area contributed by atoms with Gasteiger partial charge in [0.05, 0.1) is 13.0 Å². The summed E-state index contributed by atoms with van der Waals surface area (Å²) in [5.74, 6) is 1.49. The molecule has 142 valence electrons. The van der Waals surface area contributed by atoms with Crippen molar-refractivity contribution >= 4 is 11.8 Å². The normalized spacial score (nSPS) is 18.2. The molecule has 2 fully saturated rings. The average molecular weight is 358 g/mol. The van der Waals surface area contributed by atoms with E-state index in [-0.39, 0.29) is 11.8 Å². The monoisotopic (exact) mass is 358 g/mol. The van der Waals surface area contributed by atoms with Crippen LogP contribution in [0.4, 0.5) is 0 Å². The molecular formula is C21H30N2O3. The number of piperazine rings is 1. The quantitative estimate of drug-likeness (QED) is 0.813. The molecule has 1 saturated carbocycles. The van der Waals surface area contributed by atoms with Crippen molar-refractivity contribution in [1.29, 1.82) is 0 Å². The molecular weight excluding hydrogens is 328 g/mol. The van der Waals surface area contributed by atoms with Crippen LogP contribution < -0.4 is 4.74 Å². The summed E-state index contributed by atoms with van der Waals surface area (Å²) < 4.78 is 5.79. The molecule has 1 saturated heterocycles. The molecule has 0 atom stereocenters. The molecule has 5 nitrogen and oxygen atoms in total. The third-order valence-corrected chi connectivity index (χ3v) is 5.57. The average Bonchev–Trinajstić information content (AvgIpc) is 3.18. The van der Waals surface area contributed by atoms with E-state index < -0.39 is 0 Å². The molecule has 1 aliphatic carbocycles. The van der Waals surface area contributed by atoms with Crippen LogP contribution in [0, 0.1) is 19.8 Å². The Kier molecular flexibility index (Phi) is 6.17. The van der Waals surface area contributed by atoms with E-state index in [9.17, 15) is 9.59 Å². The maximum Gasteiger partial charge on any atom is 0.226 e. The molecule has 1 aliphatic heterocycles. The molecule has 0 unspecified atom stereocenters. The van der Waals surface area contributed by atoms with E-state index in [0.29, 0.717) is 45.1 Å². The van der Waals surface area contributed by atoms with E-state index in [1.54, 1.807) is 0 Å². The van der Waals surface area contributed by atoms with Gasteiger partial charge in [0, 0.05) is 32.1 Å². The highest BCUT2D eigenvalue weighted by molar-refractivity contribution is 5.80. The molecule has 0 spiro atoms. The fraction of sp³-hybridized carbons (Fsp3) is 0.619. The number of hydrogen-bond acceptors (Lipinski definition) is 3. The summed E-state index contributed by atoms with van der Waals surface area (Å²) >= 11 is 0. The number of aryl methyl sites for hydroxylation is 2. The van der Waals surface area contributed by atoms with Crippen molar-refractivity contribution in [2.24, 2.45) is 5.92 Å². The summed E-state index contributed by atoms with van der Waals surface area (Å²) in [6.07, 6.45) is 4.80. The lowest BCUT2D eigenvalue weighted by molar-refractivity contribution is -0.142. The minimum absolute atomic E-state index is 0.114. The second kappa shape index (κ2) is 8.56. The number of benzene rings is 1. The molecule has 1 aromatic rings. The highest BCUT2D eigenvalue weighted by Gasteiger charge is 2.30. The first-order valence-corrected chi connectivity index (χ1v) is 9.81. The van der Waals surface area contributed by atoms with Gasteiger partial charge in [-0.2, -0.15) is 0 Å². The third kappa shape index (κ3) is 4.57. The number of nitrogens with zero attached hydrogens (tertiary/aromatic N) is 2. The summed E-state index contributed by atoms with van der Waals surface area (Å²) in [6.45, 7) is 7.05. The predicted octanol–water partition coefficient (Wildman–Crippen LogP) is 2.93. The lowest BCUT2D eigenvalue weighted by Crippen LogP contribution is -2.51. The van der Waals surface area contributed by atoms with Crippen LogP contribution in [0.25, 0.3) is 0 Å². The van der Waals surface area contributed by atoms with Gasteiger partial charge in [0.25, 0.3) is 0 Å². The highest BCUT2D eigenvalue weighted by Crippen LogP contribution is 2.27. The van der Waals surface area contributed by atoms with Gasteiger partial charge in [0.15, 0.2) is 0 Å². The summed E-state index contributed by atoms with van der Waals surface area (Å²) in [5, 5.41) is 0. The Morgan fingerprint density at radius 2 is 1.69 bits per heavy atom. The fourth-order valence-corrected chi connectivity index (χ4v) is 3.88. The topological polar surface area (TPSA) is 49.9 Å². The van der Waals surface area contributed by atoms with E-state index in [2.05, 4.69) is 6.07 Å². The van der Waals surface area contributed by atoms with E-state index >= 15 is 0 Å². The Balaban J connectivity index is 1.41. The summed E-state index contributed by atoms with van der Waals surface area (Å²) in [7, 11) is 0. The molecule has 3 rings (SSSR count). The number of rotatable bonds is 5. The third-order valence-electron chi connectivity index (χ3n) is 5.57. The zero-order chi connectivity index (χ0) is 18.5. The van der Waals surface area contributed by atoms with Crippen LogP contribution in [0.5, 0.6) is 5.75 Å². The van der Waals surface area contributed by atoms with Gasteiger partial charge in [0.2, 0.25) is 11.8 Å². The molecule has 0 radical (unpaired) electrons. The van der Waals surface area contributed by atoms with E-state index in [1.165, 1.54) is 12.8 Å². The van der Waals surface area contributed by atoms with Crippen molar-refractivity contribution in [2.45, 2.75) is 46.0 Å². The standard InChI is InChI=1S/C21H30N2O3/c1-16-7-8-17(2)19(15-16)26-14-9-20(24)22-10-12-23(13-11-22)21(25)18-5-3-4-6-18/h7-8,15,18H,3-6,9-14H2,1-2H3. The van der Waals surface area contributed by atoms with Crippen molar-refractivity contribution in [1.82, 2.24) is 9.80 Å². The van der Waals surface area contributed by atoms with E-state index in [0.717, 1.165) is 29.7 Å². The highest BCUT2D eigenvalue weighted by atomic mass is 16.5. The summed E-state index contributed by atoms with van der Waals surface area (Å²) in [6, 6.07) is 6.10. The molecule has 0 bridgehead atoms. The molecule has 1 aromatic carbocycles. The molecule has 0 aromatic heterocycles. The minimum atomic E-state index is 0.114. The maximum absolute atomic E-state index is 12.5. The largest absolute Gasteiger partial charge is 0.493 e. The Morgan fingerprint density at radius 1 is 1.04 bits per heavy atom. The Morgan fingerprint density at radius 3 is 2.38 bits per heavy atom. The molecule has 5 heteroatoms. The smallest absolute Gasteiger partial charge is 0.226 e. The van der Waals surface area contributed by atoms with Gasteiger partial charge in [-0.1, -0.05) is 25.0 Å². The van der Waals surface area contributed by atoms with Crippen molar-refractivity contribution in [3.05, 3.63) is 29.3 Å². The Labute approximate surface area is 156 Å².